The summed E-state index contributed by atoms with van der Waals surface area (Å²) in [6.45, 7) is 2.21. The lowest BCUT2D eigenvalue weighted by atomic mass is 10.1. The van der Waals surface area contributed by atoms with Crippen molar-refractivity contribution < 1.29 is 0 Å². The summed E-state index contributed by atoms with van der Waals surface area (Å²) in [5, 5.41) is 0.709. The number of aromatic nitrogens is 2. The van der Waals surface area contributed by atoms with Crippen molar-refractivity contribution in [1.82, 2.24) is 9.55 Å². The van der Waals surface area contributed by atoms with Gasteiger partial charge in [0.05, 0.1) is 11.0 Å². The second-order valence-electron chi connectivity index (χ2n) is 5.20. The first-order chi connectivity index (χ1) is 10.2. The number of H-pyrrole nitrogens is 1. The lowest BCUT2D eigenvalue weighted by molar-refractivity contribution is 0.795. The van der Waals surface area contributed by atoms with E-state index in [1.807, 2.05) is 22.8 Å². The van der Waals surface area contributed by atoms with E-state index in [0.717, 1.165) is 23.1 Å². The average Bonchev–Trinajstić information content (AvgIpc) is 2.80. The average molecular weight is 317 g/mol. The Kier molecular flexibility index (Phi) is 4.13. The maximum Gasteiger partial charge on any atom is 0.182 e. The molecule has 0 fully saturated rings. The lowest BCUT2D eigenvalue weighted by Gasteiger charge is -2.06. The number of hydrogen-bond donors (Lipinski definition) is 1. The van der Waals surface area contributed by atoms with Crippen molar-refractivity contribution >= 4 is 34.9 Å². The summed E-state index contributed by atoms with van der Waals surface area (Å²) >= 11 is 11.5. The van der Waals surface area contributed by atoms with Gasteiger partial charge in [0.25, 0.3) is 0 Å². The number of halogens is 1. The molecule has 3 rings (SSSR count). The number of benzene rings is 2. The summed E-state index contributed by atoms with van der Waals surface area (Å²) in [6.07, 6.45) is 3.58. The zero-order valence-electron chi connectivity index (χ0n) is 11.9. The molecule has 0 unspecified atom stereocenters. The Hall–Kier alpha value is -1.58. The fraction of sp³-hybridized carbons (Fsp3) is 0.235. The molecule has 1 N–H and O–H groups in total. The maximum absolute atomic E-state index is 6.03. The molecule has 0 amide bonds. The molecule has 1 heterocycles. The molecular weight excluding hydrogens is 300 g/mol. The summed E-state index contributed by atoms with van der Waals surface area (Å²) in [5.74, 6) is 0. The van der Waals surface area contributed by atoms with Crippen LogP contribution >= 0.6 is 23.8 Å². The van der Waals surface area contributed by atoms with Gasteiger partial charge in [0, 0.05) is 10.7 Å². The molecule has 1 aromatic heterocycles. The van der Waals surface area contributed by atoms with Crippen LogP contribution in [-0.2, 0) is 6.42 Å². The molecule has 21 heavy (non-hydrogen) atoms. The highest BCUT2D eigenvalue weighted by atomic mass is 35.5. The molecule has 0 aliphatic rings. The van der Waals surface area contributed by atoms with Crippen LogP contribution in [0.15, 0.2) is 42.5 Å². The van der Waals surface area contributed by atoms with E-state index in [9.17, 15) is 0 Å². The zero-order chi connectivity index (χ0) is 14.8. The minimum atomic E-state index is 0.688. The standard InChI is InChI=1S/C17H17ClN2S/c1-2-3-4-12-5-8-14(9-6-12)20-16-10-7-13(18)11-15(16)19-17(20)21/h5-11H,2-4H2,1H3,(H,19,21). The minimum absolute atomic E-state index is 0.688. The first-order valence-corrected chi connectivity index (χ1v) is 7.97. The van der Waals surface area contributed by atoms with E-state index in [0.29, 0.717) is 9.79 Å². The number of rotatable bonds is 4. The van der Waals surface area contributed by atoms with Crippen LogP contribution in [0.25, 0.3) is 16.7 Å². The van der Waals surface area contributed by atoms with Crippen LogP contribution in [0, 0.1) is 4.77 Å². The van der Waals surface area contributed by atoms with Crippen LogP contribution in [0.5, 0.6) is 0 Å². The summed E-state index contributed by atoms with van der Waals surface area (Å²) in [6, 6.07) is 14.4. The van der Waals surface area contributed by atoms with Crippen molar-refractivity contribution in [1.29, 1.82) is 0 Å². The van der Waals surface area contributed by atoms with E-state index in [4.69, 9.17) is 23.8 Å². The third-order valence-electron chi connectivity index (χ3n) is 3.66. The predicted molar refractivity (Wildman–Crippen MR) is 92.1 cm³/mol. The van der Waals surface area contributed by atoms with E-state index in [2.05, 4.69) is 36.2 Å². The molecule has 0 aliphatic carbocycles. The van der Waals surface area contributed by atoms with Crippen molar-refractivity contribution in [2.45, 2.75) is 26.2 Å². The highest BCUT2D eigenvalue weighted by Crippen LogP contribution is 2.23. The van der Waals surface area contributed by atoms with Gasteiger partial charge in [-0.05, 0) is 61.0 Å². The number of unbranched alkanes of at least 4 members (excludes halogenated alkanes) is 1. The Morgan fingerprint density at radius 1 is 1.14 bits per heavy atom. The lowest BCUT2D eigenvalue weighted by Crippen LogP contribution is -1.94. The van der Waals surface area contributed by atoms with Gasteiger partial charge in [0.15, 0.2) is 4.77 Å². The third kappa shape index (κ3) is 2.89. The number of imidazole rings is 1. The molecule has 0 bridgehead atoms. The highest BCUT2D eigenvalue weighted by molar-refractivity contribution is 7.71. The van der Waals surface area contributed by atoms with Crippen molar-refractivity contribution in [3.63, 3.8) is 0 Å². The van der Waals surface area contributed by atoms with E-state index in [1.165, 1.54) is 18.4 Å². The topological polar surface area (TPSA) is 20.7 Å². The van der Waals surface area contributed by atoms with Gasteiger partial charge in [0.1, 0.15) is 0 Å². The number of nitrogens with one attached hydrogen (secondary N) is 1. The summed E-state index contributed by atoms with van der Waals surface area (Å²) in [4.78, 5) is 3.21. The van der Waals surface area contributed by atoms with Gasteiger partial charge in [-0.15, -0.1) is 0 Å². The molecule has 0 atom stereocenters. The van der Waals surface area contributed by atoms with Crippen molar-refractivity contribution in [2.24, 2.45) is 0 Å². The predicted octanol–water partition coefficient (Wildman–Crippen LogP) is 5.68. The Bertz CT molecular complexity index is 815. The Labute approximate surface area is 134 Å². The smallest absolute Gasteiger partial charge is 0.182 e. The fourth-order valence-electron chi connectivity index (χ4n) is 2.53. The van der Waals surface area contributed by atoms with Crippen molar-refractivity contribution in [3.05, 3.63) is 57.8 Å². The number of fused-ring (bicyclic) bond motifs is 1. The van der Waals surface area contributed by atoms with Crippen LogP contribution in [0.3, 0.4) is 0 Å². The van der Waals surface area contributed by atoms with Gasteiger partial charge in [-0.1, -0.05) is 37.1 Å². The molecule has 3 aromatic rings. The first-order valence-electron chi connectivity index (χ1n) is 7.18. The number of nitrogens with zero attached hydrogens (tertiary/aromatic N) is 1. The second kappa shape index (κ2) is 6.04. The minimum Gasteiger partial charge on any atom is -0.330 e. The largest absolute Gasteiger partial charge is 0.330 e. The van der Waals surface area contributed by atoms with Gasteiger partial charge in [-0.2, -0.15) is 0 Å². The quantitative estimate of drug-likeness (QED) is 0.614. The van der Waals surface area contributed by atoms with E-state index in [-0.39, 0.29) is 0 Å². The molecule has 4 heteroatoms. The number of hydrogen-bond acceptors (Lipinski definition) is 1. The molecular formula is C17H17ClN2S. The summed E-state index contributed by atoms with van der Waals surface area (Å²) < 4.78 is 2.73. The Morgan fingerprint density at radius 2 is 1.90 bits per heavy atom. The van der Waals surface area contributed by atoms with E-state index in [1.54, 1.807) is 0 Å². The highest BCUT2D eigenvalue weighted by Gasteiger charge is 2.07. The Balaban J connectivity index is 2.04. The van der Waals surface area contributed by atoms with Crippen LogP contribution in [0.2, 0.25) is 5.02 Å². The van der Waals surface area contributed by atoms with Crippen molar-refractivity contribution in [2.75, 3.05) is 0 Å². The van der Waals surface area contributed by atoms with Crippen LogP contribution in [0.1, 0.15) is 25.3 Å². The van der Waals surface area contributed by atoms with Crippen LogP contribution < -0.4 is 0 Å². The SMILES string of the molecule is CCCCc1ccc(-n2c(=S)[nH]c3cc(Cl)ccc32)cc1. The van der Waals surface area contributed by atoms with Gasteiger partial charge < -0.3 is 4.98 Å². The molecule has 0 spiro atoms. The van der Waals surface area contributed by atoms with Gasteiger partial charge >= 0.3 is 0 Å². The van der Waals surface area contributed by atoms with Crippen LogP contribution in [-0.4, -0.2) is 9.55 Å². The first kappa shape index (κ1) is 14.4. The zero-order valence-corrected chi connectivity index (χ0v) is 13.5. The van der Waals surface area contributed by atoms with Gasteiger partial charge in [-0.25, -0.2) is 0 Å². The molecule has 0 aliphatic heterocycles. The number of aromatic amines is 1. The number of aryl methyl sites for hydroxylation is 1. The van der Waals surface area contributed by atoms with E-state index >= 15 is 0 Å². The monoisotopic (exact) mass is 316 g/mol. The summed E-state index contributed by atoms with van der Waals surface area (Å²) in [7, 11) is 0. The van der Waals surface area contributed by atoms with Gasteiger partial charge in [0.2, 0.25) is 0 Å². The maximum atomic E-state index is 6.03. The third-order valence-corrected chi connectivity index (χ3v) is 4.18. The second-order valence-corrected chi connectivity index (χ2v) is 6.02. The molecule has 2 aromatic carbocycles. The van der Waals surface area contributed by atoms with Crippen molar-refractivity contribution in [3.8, 4) is 5.69 Å². The van der Waals surface area contributed by atoms with E-state index < -0.39 is 0 Å². The fourth-order valence-corrected chi connectivity index (χ4v) is 3.02. The molecule has 0 saturated carbocycles. The Morgan fingerprint density at radius 3 is 2.62 bits per heavy atom. The molecule has 108 valence electrons. The normalized spacial score (nSPS) is 11.1. The molecule has 2 nitrogen and oxygen atoms in total. The molecule has 0 saturated heterocycles. The van der Waals surface area contributed by atoms with Gasteiger partial charge in [-0.3, -0.25) is 4.57 Å². The molecule has 0 radical (unpaired) electrons. The summed E-state index contributed by atoms with van der Waals surface area (Å²) in [5.41, 5.74) is 4.46. The van der Waals surface area contributed by atoms with Crippen LogP contribution in [0.4, 0.5) is 0 Å².